The Morgan fingerprint density at radius 1 is 1.27 bits per heavy atom. The van der Waals surface area contributed by atoms with E-state index in [0.29, 0.717) is 23.7 Å². The molecule has 0 heterocycles. The second-order valence-electron chi connectivity index (χ2n) is 3.18. The summed E-state index contributed by atoms with van der Waals surface area (Å²) in [7, 11) is -1.77. The lowest BCUT2D eigenvalue weighted by Gasteiger charge is -2.16. The zero-order chi connectivity index (χ0) is 11.3. The molecule has 0 aliphatic rings. The van der Waals surface area contributed by atoms with Gasteiger partial charge in [-0.2, -0.15) is 0 Å². The Balaban J connectivity index is 2.84. The topological polar surface area (TPSA) is 37.4 Å². The third-order valence-corrected chi connectivity index (χ3v) is 4.20. The molecule has 1 rings (SSSR count). The van der Waals surface area contributed by atoms with E-state index in [1.807, 2.05) is 0 Å². The van der Waals surface area contributed by atoms with Crippen molar-refractivity contribution in [2.24, 2.45) is 0 Å². The molecular weight excluding hydrogens is 234 g/mol. The second kappa shape index (κ2) is 5.49. The lowest BCUT2D eigenvalue weighted by molar-refractivity contribution is 0.469. The minimum atomic E-state index is -3.34. The first-order valence-electron chi connectivity index (χ1n) is 4.66. The van der Waals surface area contributed by atoms with E-state index in [1.165, 1.54) is 4.31 Å². The maximum Gasteiger partial charge on any atom is 0.242 e. The van der Waals surface area contributed by atoms with E-state index in [9.17, 15) is 8.42 Å². The Labute approximate surface area is 95.7 Å². The summed E-state index contributed by atoms with van der Waals surface area (Å²) in [5.41, 5.74) is 0. The van der Waals surface area contributed by atoms with Crippen molar-refractivity contribution >= 4 is 21.6 Å². The molecule has 15 heavy (non-hydrogen) atoms. The summed E-state index contributed by atoms with van der Waals surface area (Å²) < 4.78 is 25.2. The Hall–Kier alpha value is -0.580. The molecule has 84 valence electrons. The van der Waals surface area contributed by atoms with Crippen LogP contribution in [0.5, 0.6) is 0 Å². The normalized spacial score (nSPS) is 11.9. The molecule has 0 saturated carbocycles. The van der Waals surface area contributed by atoms with Crippen LogP contribution in [0.2, 0.25) is 0 Å². The van der Waals surface area contributed by atoms with Crippen LogP contribution >= 0.6 is 11.6 Å². The van der Waals surface area contributed by atoms with Gasteiger partial charge in [-0.1, -0.05) is 18.2 Å². The SMILES string of the molecule is CN(CCCCl)S(=O)(=O)c1ccccc1. The fraction of sp³-hybridized carbons (Fsp3) is 0.400. The number of hydrogen-bond donors (Lipinski definition) is 0. The van der Waals surface area contributed by atoms with Crippen LogP contribution in [0.1, 0.15) is 6.42 Å². The minimum absolute atomic E-state index is 0.321. The number of alkyl halides is 1. The zero-order valence-electron chi connectivity index (χ0n) is 8.56. The van der Waals surface area contributed by atoms with Crippen molar-refractivity contribution in [1.82, 2.24) is 4.31 Å². The highest BCUT2D eigenvalue weighted by Crippen LogP contribution is 2.13. The number of benzene rings is 1. The van der Waals surface area contributed by atoms with Crippen LogP contribution < -0.4 is 0 Å². The summed E-state index contributed by atoms with van der Waals surface area (Å²) in [6.45, 7) is 0.445. The zero-order valence-corrected chi connectivity index (χ0v) is 10.1. The van der Waals surface area contributed by atoms with Gasteiger partial charge in [-0.15, -0.1) is 11.6 Å². The summed E-state index contributed by atoms with van der Waals surface area (Å²) in [5.74, 6) is 0.467. The lowest BCUT2D eigenvalue weighted by Crippen LogP contribution is -2.28. The molecule has 0 aliphatic carbocycles. The van der Waals surface area contributed by atoms with Crippen LogP contribution in [0.25, 0.3) is 0 Å². The van der Waals surface area contributed by atoms with Gasteiger partial charge in [-0.25, -0.2) is 12.7 Å². The maximum absolute atomic E-state index is 11.9. The van der Waals surface area contributed by atoms with Crippen molar-refractivity contribution in [3.63, 3.8) is 0 Å². The first kappa shape index (κ1) is 12.5. The molecule has 1 aromatic carbocycles. The summed E-state index contributed by atoms with van der Waals surface area (Å²) in [6, 6.07) is 8.39. The average molecular weight is 248 g/mol. The van der Waals surface area contributed by atoms with Crippen LogP contribution in [0.15, 0.2) is 35.2 Å². The predicted molar refractivity (Wildman–Crippen MR) is 61.6 cm³/mol. The molecule has 0 saturated heterocycles. The smallest absolute Gasteiger partial charge is 0.207 e. The molecule has 5 heteroatoms. The van der Waals surface area contributed by atoms with Gasteiger partial charge in [0, 0.05) is 19.5 Å². The van der Waals surface area contributed by atoms with Gasteiger partial charge in [0.1, 0.15) is 0 Å². The van der Waals surface area contributed by atoms with E-state index in [0.717, 1.165) is 0 Å². The van der Waals surface area contributed by atoms with Crippen molar-refractivity contribution in [3.05, 3.63) is 30.3 Å². The number of nitrogens with zero attached hydrogens (tertiary/aromatic N) is 1. The fourth-order valence-corrected chi connectivity index (χ4v) is 2.52. The van der Waals surface area contributed by atoms with Crippen LogP contribution in [-0.4, -0.2) is 32.2 Å². The number of rotatable bonds is 5. The Bertz CT molecular complexity index is 391. The van der Waals surface area contributed by atoms with Crippen molar-refractivity contribution in [3.8, 4) is 0 Å². The molecule has 1 aromatic rings. The third-order valence-electron chi connectivity index (χ3n) is 2.06. The van der Waals surface area contributed by atoms with Gasteiger partial charge in [0.05, 0.1) is 4.90 Å². The quantitative estimate of drug-likeness (QED) is 0.746. The van der Waals surface area contributed by atoms with E-state index in [4.69, 9.17) is 11.6 Å². The molecule has 0 fully saturated rings. The van der Waals surface area contributed by atoms with Crippen molar-refractivity contribution in [1.29, 1.82) is 0 Å². The molecule has 0 bridgehead atoms. The molecule has 0 aromatic heterocycles. The molecule has 0 amide bonds. The second-order valence-corrected chi connectivity index (χ2v) is 5.61. The van der Waals surface area contributed by atoms with E-state index in [1.54, 1.807) is 37.4 Å². The summed E-state index contributed by atoms with van der Waals surface area (Å²) in [5, 5.41) is 0. The molecular formula is C10H14ClNO2S. The molecule has 0 aliphatic heterocycles. The number of sulfonamides is 1. The van der Waals surface area contributed by atoms with E-state index in [2.05, 4.69) is 0 Å². The molecule has 0 N–H and O–H groups in total. The van der Waals surface area contributed by atoms with Gasteiger partial charge < -0.3 is 0 Å². The van der Waals surface area contributed by atoms with Crippen molar-refractivity contribution in [2.75, 3.05) is 19.5 Å². The lowest BCUT2D eigenvalue weighted by atomic mass is 10.4. The Kier molecular flexibility index (Phi) is 4.57. The van der Waals surface area contributed by atoms with Crippen LogP contribution in [0.3, 0.4) is 0 Å². The highest BCUT2D eigenvalue weighted by atomic mass is 35.5. The Morgan fingerprint density at radius 3 is 2.40 bits per heavy atom. The maximum atomic E-state index is 11.9. The van der Waals surface area contributed by atoms with Gasteiger partial charge in [0.15, 0.2) is 0 Å². The first-order valence-corrected chi connectivity index (χ1v) is 6.64. The van der Waals surface area contributed by atoms with Gasteiger partial charge in [0.25, 0.3) is 0 Å². The number of halogens is 1. The summed E-state index contributed by atoms with van der Waals surface area (Å²) in [6.07, 6.45) is 0.657. The first-order chi connectivity index (χ1) is 7.09. The molecule has 0 atom stereocenters. The van der Waals surface area contributed by atoms with Gasteiger partial charge in [0.2, 0.25) is 10.0 Å². The predicted octanol–water partition coefficient (Wildman–Crippen LogP) is 1.94. The minimum Gasteiger partial charge on any atom is -0.207 e. The third kappa shape index (κ3) is 3.19. The highest BCUT2D eigenvalue weighted by Gasteiger charge is 2.19. The van der Waals surface area contributed by atoms with Crippen LogP contribution in [0, 0.1) is 0 Å². The number of hydrogen-bond acceptors (Lipinski definition) is 2. The van der Waals surface area contributed by atoms with Crippen molar-refractivity contribution in [2.45, 2.75) is 11.3 Å². The van der Waals surface area contributed by atoms with Crippen molar-refractivity contribution < 1.29 is 8.42 Å². The van der Waals surface area contributed by atoms with Gasteiger partial charge >= 0.3 is 0 Å². The molecule has 0 spiro atoms. The van der Waals surface area contributed by atoms with E-state index in [-0.39, 0.29) is 0 Å². The largest absolute Gasteiger partial charge is 0.242 e. The average Bonchev–Trinajstić information content (AvgIpc) is 2.27. The monoisotopic (exact) mass is 247 g/mol. The van der Waals surface area contributed by atoms with E-state index < -0.39 is 10.0 Å². The summed E-state index contributed by atoms with van der Waals surface area (Å²) in [4.78, 5) is 0.321. The van der Waals surface area contributed by atoms with E-state index >= 15 is 0 Å². The molecule has 3 nitrogen and oxygen atoms in total. The molecule has 0 unspecified atom stereocenters. The fourth-order valence-electron chi connectivity index (χ4n) is 1.18. The van der Waals surface area contributed by atoms with Gasteiger partial charge in [-0.05, 0) is 18.6 Å². The molecule has 0 radical (unpaired) electrons. The standard InChI is InChI=1S/C10H14ClNO2S/c1-12(9-5-8-11)15(13,14)10-6-3-2-4-7-10/h2-4,6-7H,5,8-9H2,1H3. The highest BCUT2D eigenvalue weighted by molar-refractivity contribution is 7.89. The van der Waals surface area contributed by atoms with Gasteiger partial charge in [-0.3, -0.25) is 0 Å². The van der Waals surface area contributed by atoms with Crippen LogP contribution in [0.4, 0.5) is 0 Å². The Morgan fingerprint density at radius 2 is 1.87 bits per heavy atom. The van der Waals surface area contributed by atoms with Crippen LogP contribution in [-0.2, 0) is 10.0 Å². The summed E-state index contributed by atoms with van der Waals surface area (Å²) >= 11 is 5.52.